The molecule has 1 aliphatic carbocycles. The Morgan fingerprint density at radius 3 is 2.45 bits per heavy atom. The van der Waals surface area contributed by atoms with Crippen molar-refractivity contribution in [3.8, 4) is 5.75 Å². The number of ketones is 2. The first-order valence-electron chi connectivity index (χ1n) is 14.6. The van der Waals surface area contributed by atoms with Gasteiger partial charge in [0.2, 0.25) is 11.6 Å². The van der Waals surface area contributed by atoms with E-state index >= 15 is 0 Å². The van der Waals surface area contributed by atoms with E-state index in [1.165, 1.54) is 31.4 Å². The van der Waals surface area contributed by atoms with Gasteiger partial charge in [0.1, 0.15) is 5.75 Å². The van der Waals surface area contributed by atoms with E-state index < -0.39 is 35.6 Å². The molecule has 1 aliphatic heterocycles. The maximum absolute atomic E-state index is 13.8. The average Bonchev–Trinajstić information content (AvgIpc) is 2.98. The molecule has 4 N–H and O–H groups in total. The molecule has 1 aromatic rings. The van der Waals surface area contributed by atoms with E-state index in [1.54, 1.807) is 32.3 Å². The van der Waals surface area contributed by atoms with Crippen molar-refractivity contribution in [2.45, 2.75) is 65.3 Å². The largest absolute Gasteiger partial charge is 0.508 e. The van der Waals surface area contributed by atoms with Crippen molar-refractivity contribution >= 4 is 23.4 Å². The summed E-state index contributed by atoms with van der Waals surface area (Å²) in [6, 6.07) is 5.60. The lowest BCUT2D eigenvalue weighted by atomic mass is 9.85. The van der Waals surface area contributed by atoms with E-state index in [4.69, 9.17) is 9.47 Å². The van der Waals surface area contributed by atoms with Gasteiger partial charge in [-0.2, -0.15) is 0 Å². The van der Waals surface area contributed by atoms with Crippen LogP contribution in [-0.4, -0.2) is 66.1 Å². The van der Waals surface area contributed by atoms with Crippen LogP contribution >= 0.6 is 0 Å². The Bertz CT molecular complexity index is 1430. The zero-order chi connectivity index (χ0) is 32.6. The molecule has 5 atom stereocenters. The Morgan fingerprint density at radius 2 is 1.80 bits per heavy atom. The second kappa shape index (κ2) is 15.6. The molecular formula is C34H42N2O8. The molecule has 10 nitrogen and oxygen atoms in total. The first kappa shape index (κ1) is 34.4. The number of aliphatic hydroxyl groups excluding tert-OH is 1. The number of phenols is 1. The van der Waals surface area contributed by atoms with E-state index in [9.17, 15) is 29.4 Å². The number of fused-ring (bicyclic) bond motifs is 2. The Kier molecular flexibility index (Phi) is 12.2. The predicted octanol–water partition coefficient (Wildman–Crippen LogP) is 3.82. The van der Waals surface area contributed by atoms with E-state index in [2.05, 4.69) is 10.6 Å². The first-order chi connectivity index (χ1) is 20.8. The zero-order valence-electron chi connectivity index (χ0n) is 26.0. The van der Waals surface area contributed by atoms with Gasteiger partial charge in [0, 0.05) is 42.9 Å². The van der Waals surface area contributed by atoms with Crippen molar-refractivity contribution in [1.29, 1.82) is 0 Å². The van der Waals surface area contributed by atoms with Gasteiger partial charge in [-0.3, -0.25) is 19.2 Å². The van der Waals surface area contributed by atoms with Crippen LogP contribution in [0.3, 0.4) is 0 Å². The molecule has 3 rings (SSSR count). The molecule has 2 bridgehead atoms. The summed E-state index contributed by atoms with van der Waals surface area (Å²) in [6.07, 6.45) is 7.29. The van der Waals surface area contributed by atoms with Crippen LogP contribution in [-0.2, 0) is 23.9 Å². The number of hydrogen-bond acceptors (Lipinski definition) is 8. The number of methoxy groups -OCH3 is 2. The van der Waals surface area contributed by atoms with Crippen molar-refractivity contribution in [2.75, 3.05) is 14.2 Å². The lowest BCUT2D eigenvalue weighted by Crippen LogP contribution is -2.38. The summed E-state index contributed by atoms with van der Waals surface area (Å²) in [4.78, 5) is 53.1. The van der Waals surface area contributed by atoms with Gasteiger partial charge in [0.05, 0.1) is 29.7 Å². The highest BCUT2D eigenvalue weighted by Crippen LogP contribution is 2.29. The second-order valence-electron chi connectivity index (χ2n) is 11.5. The molecule has 2 amide bonds. The van der Waals surface area contributed by atoms with Gasteiger partial charge in [0.25, 0.3) is 11.8 Å². The number of nitrogens with one attached hydrogen (secondary N) is 2. The summed E-state index contributed by atoms with van der Waals surface area (Å²) < 4.78 is 11.2. The highest BCUT2D eigenvalue weighted by atomic mass is 16.5. The third kappa shape index (κ3) is 8.95. The summed E-state index contributed by atoms with van der Waals surface area (Å²) >= 11 is 0. The molecule has 0 saturated heterocycles. The van der Waals surface area contributed by atoms with Crippen LogP contribution in [0.1, 0.15) is 57.3 Å². The summed E-state index contributed by atoms with van der Waals surface area (Å²) in [5, 5.41) is 26.1. The van der Waals surface area contributed by atoms with Gasteiger partial charge in [-0.25, -0.2) is 0 Å². The molecule has 236 valence electrons. The van der Waals surface area contributed by atoms with Crippen LogP contribution in [0.4, 0.5) is 0 Å². The molecule has 0 aromatic heterocycles. The van der Waals surface area contributed by atoms with Crippen LogP contribution in [0.2, 0.25) is 0 Å². The fourth-order valence-corrected chi connectivity index (χ4v) is 5.28. The van der Waals surface area contributed by atoms with Crippen LogP contribution in [0.25, 0.3) is 0 Å². The van der Waals surface area contributed by atoms with E-state index in [0.29, 0.717) is 18.4 Å². The van der Waals surface area contributed by atoms with E-state index in [1.807, 2.05) is 26.8 Å². The van der Waals surface area contributed by atoms with Crippen LogP contribution in [0, 0.1) is 11.8 Å². The number of rotatable bonds is 4. The number of aliphatic hydroxyl groups is 1. The SMILES string of the molecule is CO[C@H]1C[C@H](C)CC2=C(NC(=O)c3cccc(O)c3)C(=O)C=C(NC(=O)/C(C)=C/C=C\[C@H](OC)C/C(C)=C/[C@H](C)[C@H]1O)C2=O. The lowest BCUT2D eigenvalue weighted by molar-refractivity contribution is -0.120. The Balaban J connectivity index is 2.05. The van der Waals surface area contributed by atoms with Crippen molar-refractivity contribution in [3.05, 3.63) is 88.3 Å². The molecule has 1 heterocycles. The highest BCUT2D eigenvalue weighted by Gasteiger charge is 2.33. The minimum atomic E-state index is -0.862. The van der Waals surface area contributed by atoms with Gasteiger partial charge in [0.15, 0.2) is 0 Å². The topological polar surface area (TPSA) is 151 Å². The molecule has 10 heteroatoms. The molecule has 0 radical (unpaired) electrons. The van der Waals surface area contributed by atoms with Crippen molar-refractivity contribution in [3.63, 3.8) is 0 Å². The lowest BCUT2D eigenvalue weighted by Gasteiger charge is -2.29. The molecule has 44 heavy (non-hydrogen) atoms. The summed E-state index contributed by atoms with van der Waals surface area (Å²) in [5.74, 6) is -3.21. The molecule has 0 saturated carbocycles. The van der Waals surface area contributed by atoms with Gasteiger partial charge in [-0.05, 0) is 57.2 Å². The molecule has 1 aromatic carbocycles. The quantitative estimate of drug-likeness (QED) is 0.298. The minimum absolute atomic E-state index is 0.0179. The highest BCUT2D eigenvalue weighted by molar-refractivity contribution is 6.24. The van der Waals surface area contributed by atoms with Gasteiger partial charge in [-0.1, -0.05) is 49.8 Å². The summed E-state index contributed by atoms with van der Waals surface area (Å²) in [7, 11) is 3.09. The zero-order valence-corrected chi connectivity index (χ0v) is 26.0. The summed E-state index contributed by atoms with van der Waals surface area (Å²) in [6.45, 7) is 7.29. The minimum Gasteiger partial charge on any atom is -0.508 e. The van der Waals surface area contributed by atoms with Crippen molar-refractivity contribution < 1.29 is 38.9 Å². The van der Waals surface area contributed by atoms with Crippen LogP contribution in [0.15, 0.2) is 82.8 Å². The number of Topliss-reactive ketones (excluding diaryl/α,β-unsaturated/α-hetero) is 1. The second-order valence-corrected chi connectivity index (χ2v) is 11.5. The van der Waals surface area contributed by atoms with Crippen LogP contribution < -0.4 is 10.6 Å². The van der Waals surface area contributed by atoms with E-state index in [0.717, 1.165) is 11.6 Å². The number of phenolic OH excluding ortho intramolecular Hbond substituents is 1. The van der Waals surface area contributed by atoms with Gasteiger partial charge in [-0.15, -0.1) is 0 Å². The smallest absolute Gasteiger partial charge is 0.255 e. The van der Waals surface area contributed by atoms with Crippen LogP contribution in [0.5, 0.6) is 5.75 Å². The number of allylic oxidation sites excluding steroid dienone is 4. The Hall–Kier alpha value is -4.12. The third-order valence-corrected chi connectivity index (χ3v) is 7.75. The third-order valence-electron chi connectivity index (χ3n) is 7.75. The Morgan fingerprint density at radius 1 is 1.07 bits per heavy atom. The predicted molar refractivity (Wildman–Crippen MR) is 165 cm³/mol. The Labute approximate surface area is 258 Å². The number of carbonyl (C=O) groups excluding carboxylic acids is 4. The number of hydrogen-bond donors (Lipinski definition) is 4. The number of amides is 2. The molecule has 0 unspecified atom stereocenters. The van der Waals surface area contributed by atoms with Gasteiger partial charge >= 0.3 is 0 Å². The fraction of sp³-hybridized carbons (Fsp3) is 0.412. The monoisotopic (exact) mass is 606 g/mol. The fourth-order valence-electron chi connectivity index (χ4n) is 5.28. The first-order valence-corrected chi connectivity index (χ1v) is 14.6. The molecule has 2 aliphatic rings. The number of ether oxygens (including phenoxy) is 2. The standard InChI is InChI=1S/C34H42N2O8/c1-19-13-22(4)31(39)29(44-6)16-20(2)15-26-30(36-34(42)23-10-8-11-24(37)17-23)28(38)18-27(32(26)40)35-33(41)21(3)9-7-12-25(14-19)43-5/h7-13,17-18,20,22,25,29,31,37,39H,14-16H2,1-6H3,(H,35,41)(H,36,42)/b12-7-,19-13+,21-9+/t20-,22+,25+,29+,31-/m1/s1. The van der Waals surface area contributed by atoms with E-state index in [-0.39, 0.29) is 52.6 Å². The molecule has 0 spiro atoms. The number of carbonyl (C=O) groups is 4. The van der Waals surface area contributed by atoms with Gasteiger partial charge < -0.3 is 30.3 Å². The van der Waals surface area contributed by atoms with Crippen molar-refractivity contribution in [1.82, 2.24) is 10.6 Å². The molecule has 0 fully saturated rings. The normalized spacial score (nSPS) is 29.1. The molecular weight excluding hydrogens is 564 g/mol. The van der Waals surface area contributed by atoms with Crippen molar-refractivity contribution in [2.24, 2.45) is 11.8 Å². The maximum Gasteiger partial charge on any atom is 0.255 e. The summed E-state index contributed by atoms with van der Waals surface area (Å²) in [5.41, 5.74) is 0.998. The average molecular weight is 607 g/mol. The number of benzene rings is 1. The number of aromatic hydroxyl groups is 1. The maximum atomic E-state index is 13.8.